The van der Waals surface area contributed by atoms with Crippen molar-refractivity contribution in [2.75, 3.05) is 6.61 Å². The molecule has 0 aliphatic rings. The van der Waals surface area contributed by atoms with Gasteiger partial charge in [0.25, 0.3) is 0 Å². The Hall–Kier alpha value is -1.66. The van der Waals surface area contributed by atoms with Crippen LogP contribution in [0.1, 0.15) is 297 Å². The summed E-state index contributed by atoms with van der Waals surface area (Å²) in [5.41, 5.74) is 0. The zero-order valence-electron chi connectivity index (χ0n) is 41.8. The Morgan fingerprint density at radius 2 is 0.774 bits per heavy atom. The molecule has 0 saturated carbocycles. The Balaban J connectivity index is 4.54. The monoisotopic (exact) mass is 874 g/mol. The van der Waals surface area contributed by atoms with Gasteiger partial charge in [0.15, 0.2) is 0 Å². The van der Waals surface area contributed by atoms with Crippen LogP contribution in [0.15, 0.2) is 24.3 Å². The fourth-order valence-corrected chi connectivity index (χ4v) is 8.54. The van der Waals surface area contributed by atoms with Gasteiger partial charge in [-0.25, -0.2) is 0 Å². The number of aliphatic hydroxyl groups excluding tert-OH is 2. The second-order valence-corrected chi connectivity index (χ2v) is 19.0. The minimum atomic E-state index is -0.787. The maximum atomic E-state index is 13.2. The van der Waals surface area contributed by atoms with Gasteiger partial charge in [0.2, 0.25) is 5.91 Å². The number of aliphatic hydroxyl groups is 2. The van der Waals surface area contributed by atoms with Crippen LogP contribution in [0, 0.1) is 0 Å². The molecule has 62 heavy (non-hydrogen) atoms. The summed E-state index contributed by atoms with van der Waals surface area (Å²) in [6, 6.07) is -0.701. The fraction of sp³-hybridized carbons (Fsp3) is 0.893. The summed E-state index contributed by atoms with van der Waals surface area (Å²) < 4.78 is 5.94. The Kier molecular flexibility index (Phi) is 49.0. The van der Waals surface area contributed by atoms with Gasteiger partial charge >= 0.3 is 5.97 Å². The lowest BCUT2D eigenvalue weighted by atomic mass is 10.0. The van der Waals surface area contributed by atoms with E-state index < -0.39 is 18.2 Å². The van der Waals surface area contributed by atoms with Crippen molar-refractivity contribution >= 4 is 11.9 Å². The SMILES string of the molecule is CCCCC/C=C\CCCCCCCC(=O)OC(CCCCCCCCC/C=C/CCCCCCCC)CC(=O)NC(CO)C(O)CCCCCCCCCCCCCCCC. The highest BCUT2D eigenvalue weighted by molar-refractivity contribution is 5.77. The number of hydrogen-bond acceptors (Lipinski definition) is 5. The molecular weight excluding hydrogens is 767 g/mol. The van der Waals surface area contributed by atoms with Crippen molar-refractivity contribution in [3.8, 4) is 0 Å². The molecular formula is C56H107NO5. The first-order chi connectivity index (χ1) is 30.5. The van der Waals surface area contributed by atoms with Crippen molar-refractivity contribution in [1.29, 1.82) is 0 Å². The highest BCUT2D eigenvalue weighted by Gasteiger charge is 2.24. The zero-order valence-corrected chi connectivity index (χ0v) is 41.8. The average molecular weight is 874 g/mol. The van der Waals surface area contributed by atoms with E-state index in [1.54, 1.807) is 0 Å². The van der Waals surface area contributed by atoms with Gasteiger partial charge in [0, 0.05) is 6.42 Å². The number of hydrogen-bond donors (Lipinski definition) is 3. The number of unbranched alkanes of at least 4 members (excludes halogenated alkanes) is 34. The van der Waals surface area contributed by atoms with E-state index in [0.29, 0.717) is 19.3 Å². The molecule has 3 atom stereocenters. The van der Waals surface area contributed by atoms with Gasteiger partial charge in [0.05, 0.1) is 25.2 Å². The molecule has 0 fully saturated rings. The number of amides is 1. The van der Waals surface area contributed by atoms with Crippen LogP contribution >= 0.6 is 0 Å². The molecule has 0 bridgehead atoms. The average Bonchev–Trinajstić information content (AvgIpc) is 3.26. The molecule has 0 aromatic carbocycles. The summed E-state index contributed by atoms with van der Waals surface area (Å²) in [6.07, 6.45) is 58.1. The van der Waals surface area contributed by atoms with Crippen molar-refractivity contribution in [1.82, 2.24) is 5.32 Å². The van der Waals surface area contributed by atoms with E-state index in [1.165, 1.54) is 193 Å². The number of nitrogens with one attached hydrogen (secondary N) is 1. The second kappa shape index (κ2) is 50.3. The van der Waals surface area contributed by atoms with Gasteiger partial charge in [-0.15, -0.1) is 0 Å². The Bertz CT molecular complexity index is 981. The summed E-state index contributed by atoms with van der Waals surface area (Å²) >= 11 is 0. The van der Waals surface area contributed by atoms with E-state index in [-0.39, 0.29) is 24.9 Å². The van der Waals surface area contributed by atoms with Gasteiger partial charge in [-0.1, -0.05) is 231 Å². The molecule has 0 aromatic rings. The number of allylic oxidation sites excluding steroid dienone is 4. The molecule has 0 heterocycles. The maximum absolute atomic E-state index is 13.2. The maximum Gasteiger partial charge on any atom is 0.306 e. The first-order valence-electron chi connectivity index (χ1n) is 27.6. The molecule has 0 aliphatic heterocycles. The topological polar surface area (TPSA) is 95.9 Å². The van der Waals surface area contributed by atoms with E-state index in [4.69, 9.17) is 4.74 Å². The molecule has 0 radical (unpaired) electrons. The first kappa shape index (κ1) is 60.3. The van der Waals surface area contributed by atoms with Crippen LogP contribution in [0.5, 0.6) is 0 Å². The molecule has 3 N–H and O–H groups in total. The first-order valence-corrected chi connectivity index (χ1v) is 27.6. The van der Waals surface area contributed by atoms with Crippen LogP contribution in [0.25, 0.3) is 0 Å². The Labute approximate surface area is 386 Å². The lowest BCUT2D eigenvalue weighted by Gasteiger charge is -2.24. The summed E-state index contributed by atoms with van der Waals surface area (Å²) in [5, 5.41) is 23.8. The van der Waals surface area contributed by atoms with Gasteiger partial charge in [-0.05, 0) is 77.0 Å². The predicted molar refractivity (Wildman–Crippen MR) is 269 cm³/mol. The van der Waals surface area contributed by atoms with Crippen LogP contribution in [0.4, 0.5) is 0 Å². The molecule has 6 nitrogen and oxygen atoms in total. The largest absolute Gasteiger partial charge is 0.462 e. The van der Waals surface area contributed by atoms with Crippen LogP contribution < -0.4 is 5.32 Å². The molecule has 3 unspecified atom stereocenters. The molecule has 1 amide bonds. The van der Waals surface area contributed by atoms with E-state index in [1.807, 2.05) is 0 Å². The van der Waals surface area contributed by atoms with E-state index >= 15 is 0 Å². The lowest BCUT2D eigenvalue weighted by molar-refractivity contribution is -0.151. The fourth-order valence-electron chi connectivity index (χ4n) is 8.54. The van der Waals surface area contributed by atoms with Crippen molar-refractivity contribution in [3.63, 3.8) is 0 Å². The van der Waals surface area contributed by atoms with Gasteiger partial charge in [-0.2, -0.15) is 0 Å². The minimum Gasteiger partial charge on any atom is -0.462 e. The van der Waals surface area contributed by atoms with Crippen LogP contribution in [-0.4, -0.2) is 46.9 Å². The summed E-state index contributed by atoms with van der Waals surface area (Å²) in [7, 11) is 0. The molecule has 6 heteroatoms. The molecule has 0 aromatic heterocycles. The van der Waals surface area contributed by atoms with E-state index in [2.05, 4.69) is 50.4 Å². The van der Waals surface area contributed by atoms with Crippen molar-refractivity contribution in [2.24, 2.45) is 0 Å². The second-order valence-electron chi connectivity index (χ2n) is 19.0. The normalized spacial score (nSPS) is 13.3. The number of ether oxygens (including phenoxy) is 1. The molecule has 0 aliphatic carbocycles. The number of carbonyl (C=O) groups is 2. The molecule has 0 rings (SSSR count). The van der Waals surface area contributed by atoms with Crippen molar-refractivity contribution < 1.29 is 24.5 Å². The third-order valence-corrected chi connectivity index (χ3v) is 12.8. The smallest absolute Gasteiger partial charge is 0.306 e. The van der Waals surface area contributed by atoms with Crippen LogP contribution in [-0.2, 0) is 14.3 Å². The minimum absolute atomic E-state index is 0.0755. The van der Waals surface area contributed by atoms with E-state index in [9.17, 15) is 19.8 Å². The lowest BCUT2D eigenvalue weighted by Crippen LogP contribution is -2.46. The van der Waals surface area contributed by atoms with E-state index in [0.717, 1.165) is 57.8 Å². The number of carbonyl (C=O) groups excluding carboxylic acids is 2. The van der Waals surface area contributed by atoms with Gasteiger partial charge in [0.1, 0.15) is 6.10 Å². The van der Waals surface area contributed by atoms with Crippen molar-refractivity contribution in [3.05, 3.63) is 24.3 Å². The van der Waals surface area contributed by atoms with Gasteiger partial charge in [-0.3, -0.25) is 9.59 Å². The standard InChI is InChI=1S/C56H107NO5/c1-4-7-10-13-16-19-22-25-27-28-29-30-32-35-38-41-44-47-52(62-56(61)49-46-43-40-37-34-24-21-18-15-12-9-6-3)50-55(60)57-53(51-58)54(59)48-45-42-39-36-33-31-26-23-20-17-14-11-8-5-2/h18,21,25,27,52-54,58-59H,4-17,19-20,22-24,26,28-51H2,1-3H3,(H,57,60)/b21-18-,27-25+. The summed E-state index contributed by atoms with van der Waals surface area (Å²) in [6.45, 7) is 6.48. The summed E-state index contributed by atoms with van der Waals surface area (Å²) in [5.74, 6) is -0.474. The summed E-state index contributed by atoms with van der Waals surface area (Å²) in [4.78, 5) is 26.2. The van der Waals surface area contributed by atoms with Gasteiger partial charge < -0.3 is 20.3 Å². The van der Waals surface area contributed by atoms with Crippen molar-refractivity contribution in [2.45, 2.75) is 315 Å². The number of rotatable bonds is 50. The molecule has 0 spiro atoms. The number of esters is 1. The zero-order chi connectivity index (χ0) is 45.2. The predicted octanol–water partition coefficient (Wildman–Crippen LogP) is 16.7. The molecule has 0 saturated heterocycles. The Morgan fingerprint density at radius 1 is 0.452 bits per heavy atom. The molecule has 366 valence electrons. The van der Waals surface area contributed by atoms with Crippen LogP contribution in [0.3, 0.4) is 0 Å². The third-order valence-electron chi connectivity index (χ3n) is 12.8. The highest BCUT2D eigenvalue weighted by atomic mass is 16.5. The quantitative estimate of drug-likeness (QED) is 0.0321. The third kappa shape index (κ3) is 44.9. The highest BCUT2D eigenvalue weighted by Crippen LogP contribution is 2.18. The van der Waals surface area contributed by atoms with Crippen LogP contribution in [0.2, 0.25) is 0 Å². The Morgan fingerprint density at radius 3 is 1.18 bits per heavy atom.